The van der Waals surface area contributed by atoms with Crippen LogP contribution < -0.4 is 5.73 Å². The lowest BCUT2D eigenvalue weighted by atomic mass is 9.87. The Labute approximate surface area is 60.1 Å². The van der Waals surface area contributed by atoms with Gasteiger partial charge in [0.15, 0.2) is 0 Å². The molecule has 0 spiro atoms. The lowest BCUT2D eigenvalue weighted by Gasteiger charge is -2.24. The van der Waals surface area contributed by atoms with Crippen LogP contribution in [0.1, 0.15) is 25.7 Å². The summed E-state index contributed by atoms with van der Waals surface area (Å²) in [6.45, 7) is 0. The first-order valence-electron chi connectivity index (χ1n) is 3.70. The van der Waals surface area contributed by atoms with Crippen LogP contribution in [0.15, 0.2) is 0 Å². The number of nitrogens with two attached hydrogens (primary N) is 1. The molecule has 1 saturated carbocycles. The fraction of sp³-hybridized carbons (Fsp3) is 0.857. The summed E-state index contributed by atoms with van der Waals surface area (Å²) in [4.78, 5) is 0. The van der Waals surface area contributed by atoms with Gasteiger partial charge >= 0.3 is 0 Å². The van der Waals surface area contributed by atoms with E-state index in [0.717, 1.165) is 19.3 Å². The highest BCUT2D eigenvalue weighted by atomic mass is 19.1. The maximum atomic E-state index is 12.9. The van der Waals surface area contributed by atoms with Gasteiger partial charge in [0.25, 0.3) is 0 Å². The van der Waals surface area contributed by atoms with E-state index in [1.165, 1.54) is 0 Å². The van der Waals surface area contributed by atoms with Gasteiger partial charge < -0.3 is 5.73 Å². The highest BCUT2D eigenvalue weighted by Crippen LogP contribution is 2.26. The Morgan fingerprint density at radius 3 is 2.40 bits per heavy atom. The predicted molar refractivity (Wildman–Crippen MR) is 38.8 cm³/mol. The summed E-state index contributed by atoms with van der Waals surface area (Å²) in [5.41, 5.74) is 5.20. The molecule has 0 aromatic heterocycles. The van der Waals surface area contributed by atoms with E-state index in [0.29, 0.717) is 6.42 Å². The molecular weight excluding hydrogens is 131 g/mol. The number of hydrogen-bond donors (Lipinski definition) is 2. The molecule has 0 radical (unpaired) electrons. The average Bonchev–Trinajstić information content (AvgIpc) is 1.88. The molecule has 3 N–H and O–H groups in total. The number of rotatable bonds is 1. The minimum atomic E-state index is -0.855. The van der Waals surface area contributed by atoms with Crippen LogP contribution in [0.5, 0.6) is 0 Å². The summed E-state index contributed by atoms with van der Waals surface area (Å²) in [5.74, 6) is -0.263. The van der Waals surface area contributed by atoms with Crippen molar-refractivity contribution in [2.45, 2.75) is 31.9 Å². The van der Waals surface area contributed by atoms with Crippen molar-refractivity contribution >= 4 is 5.84 Å². The van der Waals surface area contributed by atoms with E-state index < -0.39 is 6.17 Å². The van der Waals surface area contributed by atoms with Gasteiger partial charge in [-0.3, -0.25) is 5.41 Å². The van der Waals surface area contributed by atoms with Gasteiger partial charge in [-0.2, -0.15) is 0 Å². The van der Waals surface area contributed by atoms with Gasteiger partial charge in [0.1, 0.15) is 6.17 Å². The van der Waals surface area contributed by atoms with Gasteiger partial charge in [-0.25, -0.2) is 4.39 Å². The van der Waals surface area contributed by atoms with Gasteiger partial charge in [0.2, 0.25) is 0 Å². The summed E-state index contributed by atoms with van der Waals surface area (Å²) in [7, 11) is 0. The van der Waals surface area contributed by atoms with Crippen LogP contribution >= 0.6 is 0 Å². The zero-order valence-corrected chi connectivity index (χ0v) is 5.94. The molecule has 1 aliphatic rings. The second kappa shape index (κ2) is 2.99. The molecule has 1 rings (SSSR count). The fourth-order valence-electron chi connectivity index (χ4n) is 1.44. The molecule has 2 unspecified atom stereocenters. The minimum Gasteiger partial charge on any atom is -0.387 e. The quantitative estimate of drug-likeness (QED) is 0.424. The van der Waals surface area contributed by atoms with Gasteiger partial charge in [-0.1, -0.05) is 12.8 Å². The minimum absolute atomic E-state index is 0.0206. The summed E-state index contributed by atoms with van der Waals surface area (Å²) in [6.07, 6.45) is 2.46. The van der Waals surface area contributed by atoms with Gasteiger partial charge in [0.05, 0.1) is 5.84 Å². The van der Waals surface area contributed by atoms with E-state index in [4.69, 9.17) is 11.1 Å². The Morgan fingerprint density at radius 1 is 1.40 bits per heavy atom. The topological polar surface area (TPSA) is 49.9 Å². The third-order valence-corrected chi connectivity index (χ3v) is 2.08. The molecule has 0 amide bonds. The molecule has 1 aliphatic carbocycles. The Bertz CT molecular complexity index is 136. The molecule has 0 aromatic carbocycles. The summed E-state index contributed by atoms with van der Waals surface area (Å²) >= 11 is 0. The number of alkyl halides is 1. The van der Waals surface area contributed by atoms with Crippen molar-refractivity contribution < 1.29 is 4.39 Å². The van der Waals surface area contributed by atoms with Crippen LogP contribution in [0.4, 0.5) is 4.39 Å². The lowest BCUT2D eigenvalue weighted by molar-refractivity contribution is 0.209. The maximum absolute atomic E-state index is 12.9. The molecule has 0 heterocycles. The molecular formula is C7H13FN2. The molecule has 0 aromatic rings. The van der Waals surface area contributed by atoms with Crippen molar-refractivity contribution in [1.29, 1.82) is 5.41 Å². The molecule has 3 heteroatoms. The van der Waals surface area contributed by atoms with Gasteiger partial charge in [0, 0.05) is 5.92 Å². The lowest BCUT2D eigenvalue weighted by Crippen LogP contribution is -2.32. The Morgan fingerprint density at radius 2 is 2.00 bits per heavy atom. The molecule has 58 valence electrons. The summed E-state index contributed by atoms with van der Waals surface area (Å²) in [5, 5.41) is 7.06. The molecule has 2 nitrogen and oxygen atoms in total. The van der Waals surface area contributed by atoms with E-state index in [9.17, 15) is 4.39 Å². The smallest absolute Gasteiger partial charge is 0.110 e. The fourth-order valence-corrected chi connectivity index (χ4v) is 1.44. The van der Waals surface area contributed by atoms with Crippen LogP contribution in [0.3, 0.4) is 0 Å². The molecule has 0 bridgehead atoms. The average molecular weight is 144 g/mol. The van der Waals surface area contributed by atoms with E-state index in [1.807, 2.05) is 0 Å². The number of halogens is 1. The monoisotopic (exact) mass is 144 g/mol. The van der Waals surface area contributed by atoms with Gasteiger partial charge in [-0.15, -0.1) is 0 Å². The number of amidine groups is 1. The van der Waals surface area contributed by atoms with Crippen LogP contribution in [0, 0.1) is 11.3 Å². The molecule has 0 aliphatic heterocycles. The predicted octanol–water partition coefficient (Wildman–Crippen LogP) is 1.45. The first-order chi connectivity index (χ1) is 4.72. The molecule has 2 atom stereocenters. The van der Waals surface area contributed by atoms with E-state index in [2.05, 4.69) is 0 Å². The zero-order chi connectivity index (χ0) is 7.56. The standard InChI is InChI=1S/C7H13FN2/c8-6-4-2-1-3-5(6)7(9)10/h5-6H,1-4H2,(H3,9,10). The second-order valence-corrected chi connectivity index (χ2v) is 2.86. The Kier molecular flexibility index (Phi) is 2.25. The Balaban J connectivity index is 2.47. The van der Waals surface area contributed by atoms with Crippen molar-refractivity contribution in [3.8, 4) is 0 Å². The Hall–Kier alpha value is -0.600. The molecule has 1 fully saturated rings. The van der Waals surface area contributed by atoms with Crippen molar-refractivity contribution in [2.75, 3.05) is 0 Å². The molecule has 10 heavy (non-hydrogen) atoms. The first kappa shape index (κ1) is 7.51. The van der Waals surface area contributed by atoms with Gasteiger partial charge in [-0.05, 0) is 12.8 Å². The van der Waals surface area contributed by atoms with Crippen LogP contribution in [-0.4, -0.2) is 12.0 Å². The van der Waals surface area contributed by atoms with Crippen LogP contribution in [-0.2, 0) is 0 Å². The maximum Gasteiger partial charge on any atom is 0.110 e. The van der Waals surface area contributed by atoms with E-state index >= 15 is 0 Å². The van der Waals surface area contributed by atoms with Crippen molar-refractivity contribution in [2.24, 2.45) is 11.7 Å². The van der Waals surface area contributed by atoms with Crippen molar-refractivity contribution in [3.63, 3.8) is 0 Å². The highest BCUT2D eigenvalue weighted by molar-refractivity contribution is 5.80. The van der Waals surface area contributed by atoms with Crippen LogP contribution in [0.25, 0.3) is 0 Å². The number of nitrogens with one attached hydrogen (secondary N) is 1. The third-order valence-electron chi connectivity index (χ3n) is 2.08. The van der Waals surface area contributed by atoms with E-state index in [-0.39, 0.29) is 11.8 Å². The zero-order valence-electron chi connectivity index (χ0n) is 5.94. The highest BCUT2D eigenvalue weighted by Gasteiger charge is 2.26. The molecule has 0 saturated heterocycles. The largest absolute Gasteiger partial charge is 0.387 e. The van der Waals surface area contributed by atoms with E-state index in [1.54, 1.807) is 0 Å². The van der Waals surface area contributed by atoms with Crippen molar-refractivity contribution in [3.05, 3.63) is 0 Å². The number of hydrogen-bond acceptors (Lipinski definition) is 1. The summed E-state index contributed by atoms with van der Waals surface area (Å²) in [6, 6.07) is 0. The SMILES string of the molecule is N=C(N)C1CCCCC1F. The third kappa shape index (κ3) is 1.46. The van der Waals surface area contributed by atoms with Crippen molar-refractivity contribution in [1.82, 2.24) is 0 Å². The van der Waals surface area contributed by atoms with Crippen LogP contribution in [0.2, 0.25) is 0 Å². The normalized spacial score (nSPS) is 33.7. The summed E-state index contributed by atoms with van der Waals surface area (Å²) < 4.78 is 12.9. The second-order valence-electron chi connectivity index (χ2n) is 2.86. The first-order valence-corrected chi connectivity index (χ1v) is 3.70.